The van der Waals surface area contributed by atoms with Crippen LogP contribution in [0.15, 0.2) is 35.9 Å². The standard InChI is InChI=1S/C22H17F2N/c1-2-3-4-16-10-18-8-7-15(9-19(18)11-16)5-6-17-12-21(23)20(14-25)22(24)13-17/h7-9,11-13H,2-4,10H2,1H3. The number of benzene rings is 2. The molecule has 0 saturated carbocycles. The van der Waals surface area contributed by atoms with E-state index < -0.39 is 17.2 Å². The molecule has 25 heavy (non-hydrogen) atoms. The van der Waals surface area contributed by atoms with Crippen LogP contribution in [0.4, 0.5) is 8.78 Å². The molecule has 1 aliphatic rings. The van der Waals surface area contributed by atoms with Crippen molar-refractivity contribution in [3.8, 4) is 17.9 Å². The summed E-state index contributed by atoms with van der Waals surface area (Å²) in [4.78, 5) is 0. The summed E-state index contributed by atoms with van der Waals surface area (Å²) in [6, 6.07) is 9.69. The summed E-state index contributed by atoms with van der Waals surface area (Å²) in [6.07, 6.45) is 6.72. The molecule has 2 aromatic carbocycles. The van der Waals surface area contributed by atoms with Crippen molar-refractivity contribution < 1.29 is 8.78 Å². The molecular formula is C22H17F2N. The van der Waals surface area contributed by atoms with Gasteiger partial charge in [0, 0.05) is 11.1 Å². The predicted molar refractivity (Wildman–Crippen MR) is 94.7 cm³/mol. The zero-order valence-corrected chi connectivity index (χ0v) is 14.0. The lowest BCUT2D eigenvalue weighted by Crippen LogP contribution is -1.92. The van der Waals surface area contributed by atoms with Gasteiger partial charge in [-0.2, -0.15) is 5.26 Å². The number of fused-ring (bicyclic) bond motifs is 1. The zero-order chi connectivity index (χ0) is 17.8. The topological polar surface area (TPSA) is 23.8 Å². The fourth-order valence-corrected chi connectivity index (χ4v) is 2.94. The highest BCUT2D eigenvalue weighted by molar-refractivity contribution is 5.65. The number of allylic oxidation sites excluding steroid dienone is 1. The van der Waals surface area contributed by atoms with Crippen LogP contribution in [0, 0.1) is 34.8 Å². The van der Waals surface area contributed by atoms with E-state index >= 15 is 0 Å². The molecule has 1 aliphatic carbocycles. The van der Waals surface area contributed by atoms with Crippen molar-refractivity contribution in [1.82, 2.24) is 0 Å². The molecule has 0 fully saturated rings. The van der Waals surface area contributed by atoms with Gasteiger partial charge >= 0.3 is 0 Å². The molecule has 0 spiro atoms. The second kappa shape index (κ2) is 7.32. The number of halogens is 2. The quantitative estimate of drug-likeness (QED) is 0.693. The van der Waals surface area contributed by atoms with Crippen molar-refractivity contribution >= 4 is 6.08 Å². The third-order valence-electron chi connectivity index (χ3n) is 4.28. The van der Waals surface area contributed by atoms with Gasteiger partial charge in [0.05, 0.1) is 0 Å². The number of hydrogen-bond donors (Lipinski definition) is 0. The van der Waals surface area contributed by atoms with E-state index in [-0.39, 0.29) is 5.56 Å². The Morgan fingerprint density at radius 3 is 2.44 bits per heavy atom. The summed E-state index contributed by atoms with van der Waals surface area (Å²) < 4.78 is 27.2. The first-order valence-corrected chi connectivity index (χ1v) is 8.34. The third-order valence-corrected chi connectivity index (χ3v) is 4.28. The molecule has 0 aliphatic heterocycles. The van der Waals surface area contributed by atoms with Gasteiger partial charge in [-0.25, -0.2) is 8.78 Å². The summed E-state index contributed by atoms with van der Waals surface area (Å²) in [5, 5.41) is 8.69. The van der Waals surface area contributed by atoms with E-state index in [0.29, 0.717) is 0 Å². The molecule has 0 saturated heterocycles. The monoisotopic (exact) mass is 333 g/mol. The number of rotatable bonds is 3. The Bertz CT molecular complexity index is 929. The van der Waals surface area contributed by atoms with Gasteiger partial charge in [0.2, 0.25) is 0 Å². The van der Waals surface area contributed by atoms with Crippen molar-refractivity contribution in [3.63, 3.8) is 0 Å². The number of unbranched alkanes of at least 4 members (excludes halogenated alkanes) is 1. The predicted octanol–water partition coefficient (Wildman–Crippen LogP) is 5.37. The van der Waals surface area contributed by atoms with Crippen LogP contribution < -0.4 is 0 Å². The summed E-state index contributed by atoms with van der Waals surface area (Å²) in [6.45, 7) is 2.19. The van der Waals surface area contributed by atoms with E-state index in [1.807, 2.05) is 12.1 Å². The summed E-state index contributed by atoms with van der Waals surface area (Å²) >= 11 is 0. The number of nitriles is 1. The third kappa shape index (κ3) is 3.78. The van der Waals surface area contributed by atoms with Crippen molar-refractivity contribution in [2.75, 3.05) is 0 Å². The summed E-state index contributed by atoms with van der Waals surface area (Å²) in [5.74, 6) is 3.95. The minimum absolute atomic E-state index is 0.216. The average molecular weight is 333 g/mol. The summed E-state index contributed by atoms with van der Waals surface area (Å²) in [5.41, 5.74) is 4.36. The van der Waals surface area contributed by atoms with E-state index in [1.54, 1.807) is 0 Å². The molecule has 0 heterocycles. The molecule has 3 heteroatoms. The van der Waals surface area contributed by atoms with Crippen LogP contribution in [0.5, 0.6) is 0 Å². The molecule has 3 rings (SSSR count). The number of nitrogens with zero attached hydrogens (tertiary/aromatic N) is 1. The lowest BCUT2D eigenvalue weighted by Gasteiger charge is -2.00. The van der Waals surface area contributed by atoms with Crippen molar-refractivity contribution in [2.24, 2.45) is 0 Å². The highest BCUT2D eigenvalue weighted by Gasteiger charge is 2.12. The van der Waals surface area contributed by atoms with E-state index in [0.717, 1.165) is 30.5 Å². The van der Waals surface area contributed by atoms with Gasteiger partial charge in [0.15, 0.2) is 0 Å². The van der Waals surface area contributed by atoms with Crippen LogP contribution in [-0.2, 0) is 6.42 Å². The lowest BCUT2D eigenvalue weighted by molar-refractivity contribution is 0.576. The van der Waals surface area contributed by atoms with Crippen LogP contribution >= 0.6 is 0 Å². The minimum atomic E-state index is -0.885. The molecule has 0 amide bonds. The average Bonchev–Trinajstić information content (AvgIpc) is 3.00. The Morgan fingerprint density at radius 2 is 1.76 bits per heavy atom. The van der Waals surface area contributed by atoms with Crippen molar-refractivity contribution in [3.05, 3.63) is 75.4 Å². The Kier molecular flexibility index (Phi) is 4.96. The second-order valence-corrected chi connectivity index (χ2v) is 6.17. The first-order valence-electron chi connectivity index (χ1n) is 8.34. The fraction of sp³-hybridized carbons (Fsp3) is 0.227. The Balaban J connectivity index is 1.84. The largest absolute Gasteiger partial charge is 0.205 e. The Hall–Kier alpha value is -2.91. The first-order chi connectivity index (χ1) is 12.1. The lowest BCUT2D eigenvalue weighted by atomic mass is 10.0. The second-order valence-electron chi connectivity index (χ2n) is 6.17. The normalized spacial score (nSPS) is 12.0. The van der Waals surface area contributed by atoms with Gasteiger partial charge in [0.25, 0.3) is 0 Å². The van der Waals surface area contributed by atoms with Gasteiger partial charge in [-0.15, -0.1) is 0 Å². The first kappa shape index (κ1) is 16.9. The molecular weight excluding hydrogens is 316 g/mol. The Morgan fingerprint density at radius 1 is 1.04 bits per heavy atom. The highest BCUT2D eigenvalue weighted by Crippen LogP contribution is 2.28. The molecule has 0 aromatic heterocycles. The maximum atomic E-state index is 13.6. The van der Waals surface area contributed by atoms with Crippen LogP contribution in [0.3, 0.4) is 0 Å². The molecule has 1 nitrogen and oxygen atoms in total. The molecule has 0 radical (unpaired) electrons. The zero-order valence-electron chi connectivity index (χ0n) is 14.0. The molecule has 0 bridgehead atoms. The molecule has 0 unspecified atom stereocenters. The van der Waals surface area contributed by atoms with E-state index in [4.69, 9.17) is 5.26 Å². The van der Waals surface area contributed by atoms with Gasteiger partial charge in [-0.3, -0.25) is 0 Å². The SMILES string of the molecule is CCCCC1=Cc2cc(C#Cc3cc(F)c(C#N)c(F)c3)ccc2C1. The molecule has 2 aromatic rings. The molecule has 0 N–H and O–H groups in total. The maximum Gasteiger partial charge on any atom is 0.145 e. The van der Waals surface area contributed by atoms with Crippen LogP contribution in [0.1, 0.15) is 54.0 Å². The molecule has 0 atom stereocenters. The van der Waals surface area contributed by atoms with Crippen molar-refractivity contribution in [1.29, 1.82) is 5.26 Å². The van der Waals surface area contributed by atoms with Gasteiger partial charge in [-0.05, 0) is 54.7 Å². The van der Waals surface area contributed by atoms with E-state index in [2.05, 4.69) is 30.9 Å². The van der Waals surface area contributed by atoms with E-state index in [1.165, 1.54) is 35.6 Å². The van der Waals surface area contributed by atoms with Crippen LogP contribution in [0.2, 0.25) is 0 Å². The Labute approximate surface area is 146 Å². The smallest absolute Gasteiger partial charge is 0.145 e. The molecule has 124 valence electrons. The highest BCUT2D eigenvalue weighted by atomic mass is 19.1. The summed E-state index contributed by atoms with van der Waals surface area (Å²) in [7, 11) is 0. The van der Waals surface area contributed by atoms with Gasteiger partial charge in [-0.1, -0.05) is 42.9 Å². The number of hydrogen-bond acceptors (Lipinski definition) is 1. The maximum absolute atomic E-state index is 13.6. The van der Waals surface area contributed by atoms with Crippen LogP contribution in [0.25, 0.3) is 6.08 Å². The van der Waals surface area contributed by atoms with E-state index in [9.17, 15) is 8.78 Å². The van der Waals surface area contributed by atoms with Gasteiger partial charge in [0.1, 0.15) is 23.3 Å². The van der Waals surface area contributed by atoms with Crippen molar-refractivity contribution in [2.45, 2.75) is 32.6 Å². The minimum Gasteiger partial charge on any atom is -0.205 e. The van der Waals surface area contributed by atoms with Gasteiger partial charge < -0.3 is 0 Å². The fourth-order valence-electron chi connectivity index (χ4n) is 2.94. The van der Waals surface area contributed by atoms with Crippen LogP contribution in [-0.4, -0.2) is 0 Å².